The van der Waals surface area contributed by atoms with Crippen LogP contribution in [0.2, 0.25) is 10.0 Å². The number of aromatic nitrogens is 2. The number of hydrogen-bond acceptors (Lipinski definition) is 6. The van der Waals surface area contributed by atoms with Gasteiger partial charge in [0.05, 0.1) is 21.9 Å². The second-order valence-corrected chi connectivity index (χ2v) is 6.04. The first-order valence-corrected chi connectivity index (χ1v) is 8.01. The maximum absolute atomic E-state index is 11.8. The number of hydrazine groups is 1. The molecule has 138 valence electrons. The third-order valence-electron chi connectivity index (χ3n) is 3.13. The minimum atomic E-state index is -0.583. The lowest BCUT2D eigenvalue weighted by molar-refractivity contribution is -0.389. The van der Waals surface area contributed by atoms with E-state index in [0.717, 1.165) is 0 Å². The van der Waals surface area contributed by atoms with Gasteiger partial charge in [0, 0.05) is 10.7 Å². The maximum atomic E-state index is 11.8. The van der Waals surface area contributed by atoms with Gasteiger partial charge in [-0.05, 0) is 30.0 Å². The van der Waals surface area contributed by atoms with Crippen molar-refractivity contribution in [3.63, 3.8) is 0 Å². The summed E-state index contributed by atoms with van der Waals surface area (Å²) >= 11 is 11.7. The van der Waals surface area contributed by atoms with Gasteiger partial charge in [-0.3, -0.25) is 10.2 Å². The summed E-state index contributed by atoms with van der Waals surface area (Å²) in [6.07, 6.45) is 0. The van der Waals surface area contributed by atoms with Crippen molar-refractivity contribution >= 4 is 34.9 Å². The third-order valence-corrected chi connectivity index (χ3v) is 3.66. The number of hydrogen-bond donors (Lipinski definition) is 2. The number of halogens is 2. The fourth-order valence-electron chi connectivity index (χ4n) is 1.89. The summed E-state index contributed by atoms with van der Waals surface area (Å²) in [6, 6.07) is 5.99. The minimum absolute atomic E-state index is 0.143. The molecular weight excluding hydrogens is 385 g/mol. The molecule has 2 aromatic rings. The first-order chi connectivity index (χ1) is 12.3. The molecule has 0 unspecified atom stereocenters. The molecule has 1 aromatic carbocycles. The Labute approximate surface area is 158 Å². The van der Waals surface area contributed by atoms with Crippen LogP contribution in [0.15, 0.2) is 36.5 Å². The van der Waals surface area contributed by atoms with Gasteiger partial charge in [0.2, 0.25) is 0 Å². The topological polar surface area (TPSA) is 111 Å². The number of nitrogens with one attached hydrogen (secondary N) is 2. The van der Waals surface area contributed by atoms with E-state index in [1.54, 1.807) is 19.1 Å². The van der Waals surface area contributed by atoms with Gasteiger partial charge in [0.1, 0.15) is 12.3 Å². The molecule has 2 rings (SSSR count). The minimum Gasteiger partial charge on any atom is -0.482 e. The Bertz CT molecular complexity index is 853. The van der Waals surface area contributed by atoms with Crippen molar-refractivity contribution in [1.82, 2.24) is 20.6 Å². The molecule has 1 aromatic heterocycles. The highest BCUT2D eigenvalue weighted by Gasteiger charge is 2.16. The first kappa shape index (κ1) is 19.5. The summed E-state index contributed by atoms with van der Waals surface area (Å²) in [5.41, 5.74) is 5.96. The number of ether oxygens (including phenoxy) is 1. The molecule has 0 saturated heterocycles. The summed E-state index contributed by atoms with van der Waals surface area (Å²) in [7, 11) is 0. The summed E-state index contributed by atoms with van der Waals surface area (Å²) < 4.78 is 6.68. The zero-order valence-corrected chi connectivity index (χ0v) is 15.2. The molecule has 0 aliphatic heterocycles. The van der Waals surface area contributed by atoms with Crippen molar-refractivity contribution in [2.45, 2.75) is 13.5 Å². The second kappa shape index (κ2) is 8.54. The molecule has 0 atom stereocenters. The van der Waals surface area contributed by atoms with Crippen LogP contribution in [0.1, 0.15) is 5.69 Å². The van der Waals surface area contributed by atoms with Gasteiger partial charge >= 0.3 is 5.82 Å². The van der Waals surface area contributed by atoms with Crippen LogP contribution in [0.25, 0.3) is 0 Å². The highest BCUT2D eigenvalue weighted by Crippen LogP contribution is 2.27. The van der Waals surface area contributed by atoms with Crippen LogP contribution in [-0.2, 0) is 11.3 Å². The highest BCUT2D eigenvalue weighted by atomic mass is 35.5. The van der Waals surface area contributed by atoms with Crippen LogP contribution in [0.4, 0.5) is 5.82 Å². The van der Waals surface area contributed by atoms with Crippen molar-refractivity contribution in [2.75, 3.05) is 6.61 Å². The Balaban J connectivity index is 1.79. The Morgan fingerprint density at radius 1 is 1.38 bits per heavy atom. The number of nitro groups is 1. The molecule has 0 bridgehead atoms. The molecule has 0 radical (unpaired) electrons. The Morgan fingerprint density at radius 3 is 2.73 bits per heavy atom. The van der Waals surface area contributed by atoms with E-state index in [9.17, 15) is 14.9 Å². The van der Waals surface area contributed by atoms with Crippen molar-refractivity contribution in [2.24, 2.45) is 0 Å². The molecule has 1 amide bonds. The van der Waals surface area contributed by atoms with Gasteiger partial charge in [-0.1, -0.05) is 29.8 Å². The van der Waals surface area contributed by atoms with Crippen molar-refractivity contribution in [3.05, 3.63) is 62.4 Å². The fourth-order valence-corrected chi connectivity index (χ4v) is 2.36. The summed E-state index contributed by atoms with van der Waals surface area (Å²) in [5.74, 6) is -0.405. The summed E-state index contributed by atoms with van der Waals surface area (Å²) in [5, 5.41) is 15.3. The lowest BCUT2D eigenvalue weighted by atomic mass is 10.3. The van der Waals surface area contributed by atoms with Crippen LogP contribution >= 0.6 is 23.2 Å². The van der Waals surface area contributed by atoms with Gasteiger partial charge in [0.25, 0.3) is 5.91 Å². The van der Waals surface area contributed by atoms with Crippen LogP contribution in [0.3, 0.4) is 0 Å². The van der Waals surface area contributed by atoms with E-state index < -0.39 is 10.8 Å². The maximum Gasteiger partial charge on any atom is 0.390 e. The molecule has 0 aliphatic carbocycles. The van der Waals surface area contributed by atoms with Gasteiger partial charge in [0.15, 0.2) is 6.61 Å². The standard InChI is InChI=1S/C15H15Cl2N5O4/c1-9(7-21-10(2)5-14(20-21)22(24)25)18-19-15(23)8-26-13-4-3-11(16)6-12(13)17/h3-6,18H,1,7-8H2,2H3,(H,19,23). The average Bonchev–Trinajstić information content (AvgIpc) is 2.93. The number of amides is 1. The van der Waals surface area contributed by atoms with E-state index in [2.05, 4.69) is 22.5 Å². The number of carbonyl (C=O) groups is 1. The summed E-state index contributed by atoms with van der Waals surface area (Å²) in [6.45, 7) is 5.26. The largest absolute Gasteiger partial charge is 0.482 e. The lowest BCUT2D eigenvalue weighted by Crippen LogP contribution is -2.40. The molecule has 0 fully saturated rings. The highest BCUT2D eigenvalue weighted by molar-refractivity contribution is 6.35. The van der Waals surface area contributed by atoms with Gasteiger partial charge in [-0.25, -0.2) is 0 Å². The fraction of sp³-hybridized carbons (Fsp3) is 0.200. The number of allylic oxidation sites excluding steroid dienone is 1. The predicted molar refractivity (Wildman–Crippen MR) is 96.0 cm³/mol. The first-order valence-electron chi connectivity index (χ1n) is 7.25. The molecule has 0 aliphatic rings. The van der Waals surface area contributed by atoms with Gasteiger partial charge in [-0.15, -0.1) is 0 Å². The zero-order valence-electron chi connectivity index (χ0n) is 13.7. The number of carbonyl (C=O) groups excluding carboxylic acids is 1. The Kier molecular flexibility index (Phi) is 6.42. The normalized spacial score (nSPS) is 10.3. The van der Waals surface area contributed by atoms with Crippen LogP contribution < -0.4 is 15.6 Å². The van der Waals surface area contributed by atoms with E-state index in [1.807, 2.05) is 0 Å². The van der Waals surface area contributed by atoms with Crippen molar-refractivity contribution < 1.29 is 14.5 Å². The van der Waals surface area contributed by atoms with Crippen LogP contribution in [0.5, 0.6) is 5.75 Å². The monoisotopic (exact) mass is 399 g/mol. The molecule has 0 saturated carbocycles. The molecular formula is C15H15Cl2N5O4. The number of aryl methyl sites for hydroxylation is 1. The van der Waals surface area contributed by atoms with Gasteiger partial charge < -0.3 is 20.3 Å². The van der Waals surface area contributed by atoms with E-state index in [0.29, 0.717) is 27.2 Å². The second-order valence-electron chi connectivity index (χ2n) is 5.20. The van der Waals surface area contributed by atoms with Crippen molar-refractivity contribution in [3.8, 4) is 5.75 Å². The van der Waals surface area contributed by atoms with E-state index in [-0.39, 0.29) is 19.0 Å². The van der Waals surface area contributed by atoms with E-state index in [1.165, 1.54) is 16.8 Å². The molecule has 26 heavy (non-hydrogen) atoms. The quantitative estimate of drug-likeness (QED) is 0.521. The number of nitrogens with zero attached hydrogens (tertiary/aromatic N) is 3. The number of benzene rings is 1. The lowest BCUT2D eigenvalue weighted by Gasteiger charge is -2.12. The van der Waals surface area contributed by atoms with Gasteiger partial charge in [-0.2, -0.15) is 4.68 Å². The van der Waals surface area contributed by atoms with Crippen LogP contribution in [0, 0.1) is 17.0 Å². The molecule has 11 heteroatoms. The van der Waals surface area contributed by atoms with Crippen molar-refractivity contribution in [1.29, 1.82) is 0 Å². The van der Waals surface area contributed by atoms with Crippen LogP contribution in [-0.4, -0.2) is 27.2 Å². The SMILES string of the molecule is C=C(Cn1nc([N+](=O)[O-])cc1C)NNC(=O)COc1ccc(Cl)cc1Cl. The molecule has 0 spiro atoms. The third kappa shape index (κ3) is 5.36. The Hall–Kier alpha value is -2.78. The number of rotatable bonds is 8. The molecule has 9 nitrogen and oxygen atoms in total. The smallest absolute Gasteiger partial charge is 0.390 e. The predicted octanol–water partition coefficient (Wildman–Crippen LogP) is 2.62. The zero-order chi connectivity index (χ0) is 19.3. The molecule has 1 heterocycles. The molecule has 2 N–H and O–H groups in total. The Morgan fingerprint density at radius 2 is 2.12 bits per heavy atom. The summed E-state index contributed by atoms with van der Waals surface area (Å²) in [4.78, 5) is 21.9. The van der Waals surface area contributed by atoms with E-state index in [4.69, 9.17) is 27.9 Å². The van der Waals surface area contributed by atoms with E-state index >= 15 is 0 Å². The average molecular weight is 400 g/mol.